The smallest absolute Gasteiger partial charge is 0.319 e. The van der Waals surface area contributed by atoms with Crippen LogP contribution in [0.4, 0.5) is 14.9 Å². The third-order valence-corrected chi connectivity index (χ3v) is 4.05. The van der Waals surface area contributed by atoms with Crippen molar-refractivity contribution >= 4 is 33.6 Å². The highest BCUT2D eigenvalue weighted by molar-refractivity contribution is 9.10. The van der Waals surface area contributed by atoms with Gasteiger partial charge in [-0.15, -0.1) is 0 Å². The first-order chi connectivity index (χ1) is 9.40. The molecule has 0 heterocycles. The Morgan fingerprint density at radius 3 is 2.65 bits per heavy atom. The summed E-state index contributed by atoms with van der Waals surface area (Å²) in [5.41, 5.74) is -0.386. The molecule has 7 heteroatoms. The SMILES string of the molecule is O=C(O)CC1(NC(=O)Nc2cc(F)ccc2Br)CCC1. The van der Waals surface area contributed by atoms with Gasteiger partial charge in [0.25, 0.3) is 0 Å². The van der Waals surface area contributed by atoms with Gasteiger partial charge >= 0.3 is 12.0 Å². The largest absolute Gasteiger partial charge is 0.481 e. The van der Waals surface area contributed by atoms with E-state index in [2.05, 4.69) is 26.6 Å². The van der Waals surface area contributed by atoms with Crippen LogP contribution in [-0.2, 0) is 4.79 Å². The van der Waals surface area contributed by atoms with Gasteiger partial charge in [0.2, 0.25) is 0 Å². The van der Waals surface area contributed by atoms with E-state index < -0.39 is 23.4 Å². The Hall–Kier alpha value is -1.63. The molecule has 5 nitrogen and oxygen atoms in total. The van der Waals surface area contributed by atoms with E-state index in [9.17, 15) is 14.0 Å². The van der Waals surface area contributed by atoms with Crippen LogP contribution in [0, 0.1) is 5.82 Å². The molecule has 0 radical (unpaired) electrons. The molecule has 1 saturated carbocycles. The molecule has 0 bridgehead atoms. The second-order valence-corrected chi connectivity index (χ2v) is 5.76. The highest BCUT2D eigenvalue weighted by atomic mass is 79.9. The highest BCUT2D eigenvalue weighted by Crippen LogP contribution is 2.35. The fraction of sp³-hybridized carbons (Fsp3) is 0.385. The predicted octanol–water partition coefficient (Wildman–Crippen LogP) is 3.11. The van der Waals surface area contributed by atoms with Crippen molar-refractivity contribution in [2.24, 2.45) is 0 Å². The van der Waals surface area contributed by atoms with Gasteiger partial charge in [0, 0.05) is 4.47 Å². The number of hydrogen-bond donors (Lipinski definition) is 3. The molecule has 2 rings (SSSR count). The maximum Gasteiger partial charge on any atom is 0.319 e. The second kappa shape index (κ2) is 5.78. The Bertz CT molecular complexity index is 546. The van der Waals surface area contributed by atoms with E-state index in [4.69, 9.17) is 5.11 Å². The van der Waals surface area contributed by atoms with Crippen LogP contribution in [0.1, 0.15) is 25.7 Å². The van der Waals surface area contributed by atoms with Gasteiger partial charge in [-0.1, -0.05) is 0 Å². The van der Waals surface area contributed by atoms with Crippen molar-refractivity contribution in [3.05, 3.63) is 28.5 Å². The van der Waals surface area contributed by atoms with Gasteiger partial charge in [-0.25, -0.2) is 9.18 Å². The molecule has 1 aliphatic rings. The van der Waals surface area contributed by atoms with Gasteiger partial charge in [0.1, 0.15) is 5.82 Å². The zero-order valence-electron chi connectivity index (χ0n) is 10.6. The number of rotatable bonds is 4. The number of amides is 2. The summed E-state index contributed by atoms with van der Waals surface area (Å²) in [6, 6.07) is 3.41. The summed E-state index contributed by atoms with van der Waals surface area (Å²) in [6.07, 6.45) is 2.05. The molecule has 1 aromatic carbocycles. The molecule has 20 heavy (non-hydrogen) atoms. The monoisotopic (exact) mass is 344 g/mol. The Morgan fingerprint density at radius 2 is 2.10 bits per heavy atom. The molecule has 0 unspecified atom stereocenters. The minimum absolute atomic E-state index is 0.106. The summed E-state index contributed by atoms with van der Waals surface area (Å²) in [5.74, 6) is -1.41. The molecule has 0 aromatic heterocycles. The molecule has 3 N–H and O–H groups in total. The van der Waals surface area contributed by atoms with Gasteiger partial charge in [-0.05, 0) is 53.4 Å². The van der Waals surface area contributed by atoms with Crippen molar-refractivity contribution in [1.82, 2.24) is 5.32 Å². The van der Waals surface area contributed by atoms with Crippen molar-refractivity contribution in [2.75, 3.05) is 5.32 Å². The summed E-state index contributed by atoms with van der Waals surface area (Å²) in [5, 5.41) is 14.1. The van der Waals surface area contributed by atoms with Crippen LogP contribution in [0.3, 0.4) is 0 Å². The Labute approximate surface area is 123 Å². The predicted molar refractivity (Wildman–Crippen MR) is 75.1 cm³/mol. The van der Waals surface area contributed by atoms with Crippen LogP contribution in [0.25, 0.3) is 0 Å². The van der Waals surface area contributed by atoms with E-state index in [1.807, 2.05) is 0 Å². The molecule has 0 aliphatic heterocycles. The lowest BCUT2D eigenvalue weighted by molar-refractivity contribution is -0.139. The van der Waals surface area contributed by atoms with Crippen LogP contribution in [0.2, 0.25) is 0 Å². The van der Waals surface area contributed by atoms with Crippen LogP contribution in [0.5, 0.6) is 0 Å². The summed E-state index contributed by atoms with van der Waals surface area (Å²) in [6.45, 7) is 0. The molecule has 0 atom stereocenters. The molecule has 2 amide bonds. The first-order valence-electron chi connectivity index (χ1n) is 6.16. The Kier molecular flexibility index (Phi) is 4.27. The Balaban J connectivity index is 2.01. The number of nitrogens with one attached hydrogen (secondary N) is 2. The summed E-state index contributed by atoms with van der Waals surface area (Å²) in [7, 11) is 0. The quantitative estimate of drug-likeness (QED) is 0.785. The van der Waals surface area contributed by atoms with Crippen LogP contribution >= 0.6 is 15.9 Å². The maximum atomic E-state index is 13.1. The number of carbonyl (C=O) groups is 2. The molecule has 0 spiro atoms. The molecule has 1 fully saturated rings. The van der Waals surface area contributed by atoms with Crippen molar-refractivity contribution in [1.29, 1.82) is 0 Å². The number of urea groups is 1. The number of benzene rings is 1. The third-order valence-electron chi connectivity index (χ3n) is 3.36. The number of carboxylic acid groups (broad SMARTS) is 1. The maximum absolute atomic E-state index is 13.1. The van der Waals surface area contributed by atoms with Gasteiger partial charge in [0.05, 0.1) is 17.6 Å². The second-order valence-electron chi connectivity index (χ2n) is 4.91. The number of carboxylic acids is 1. The summed E-state index contributed by atoms with van der Waals surface area (Å²) < 4.78 is 13.7. The topological polar surface area (TPSA) is 78.4 Å². The Morgan fingerprint density at radius 1 is 1.40 bits per heavy atom. The van der Waals surface area contributed by atoms with E-state index in [0.29, 0.717) is 23.0 Å². The normalized spacial score (nSPS) is 16.1. The van der Waals surface area contributed by atoms with E-state index in [-0.39, 0.29) is 6.42 Å². The first-order valence-corrected chi connectivity index (χ1v) is 6.96. The first kappa shape index (κ1) is 14.8. The van der Waals surface area contributed by atoms with Gasteiger partial charge in [-0.3, -0.25) is 4.79 Å². The zero-order valence-corrected chi connectivity index (χ0v) is 12.2. The molecule has 1 aromatic rings. The van der Waals surface area contributed by atoms with Crippen LogP contribution in [-0.4, -0.2) is 22.6 Å². The lowest BCUT2D eigenvalue weighted by Crippen LogP contribution is -2.55. The van der Waals surface area contributed by atoms with E-state index in [0.717, 1.165) is 6.42 Å². The fourth-order valence-electron chi connectivity index (χ4n) is 2.23. The van der Waals surface area contributed by atoms with Gasteiger partial charge < -0.3 is 15.7 Å². The van der Waals surface area contributed by atoms with Gasteiger partial charge in [0.15, 0.2) is 0 Å². The van der Waals surface area contributed by atoms with Gasteiger partial charge in [-0.2, -0.15) is 0 Å². The number of aliphatic carboxylic acids is 1. The minimum Gasteiger partial charge on any atom is -0.481 e. The van der Waals surface area contributed by atoms with E-state index in [1.54, 1.807) is 0 Å². The number of anilines is 1. The van der Waals surface area contributed by atoms with Crippen molar-refractivity contribution in [3.63, 3.8) is 0 Å². The summed E-state index contributed by atoms with van der Waals surface area (Å²) >= 11 is 3.21. The lowest BCUT2D eigenvalue weighted by atomic mass is 9.74. The molecule has 1 aliphatic carbocycles. The average Bonchev–Trinajstić information content (AvgIpc) is 2.30. The van der Waals surface area contributed by atoms with E-state index in [1.165, 1.54) is 18.2 Å². The van der Waals surface area contributed by atoms with Crippen molar-refractivity contribution < 1.29 is 19.1 Å². The number of carbonyl (C=O) groups excluding carboxylic acids is 1. The third kappa shape index (κ3) is 3.47. The standard InChI is InChI=1S/C13H14BrFN2O3/c14-9-3-2-8(15)6-10(9)16-12(20)17-13(4-1-5-13)7-11(18)19/h2-3,6H,1,4-5,7H2,(H,18,19)(H2,16,17,20). The minimum atomic E-state index is -0.947. The average molecular weight is 345 g/mol. The molecule has 108 valence electrons. The van der Waals surface area contributed by atoms with Crippen LogP contribution in [0.15, 0.2) is 22.7 Å². The molecular formula is C13H14BrFN2O3. The lowest BCUT2D eigenvalue weighted by Gasteiger charge is -2.41. The van der Waals surface area contributed by atoms with Crippen molar-refractivity contribution in [2.45, 2.75) is 31.2 Å². The zero-order chi connectivity index (χ0) is 14.8. The highest BCUT2D eigenvalue weighted by Gasteiger charge is 2.40. The van der Waals surface area contributed by atoms with Crippen molar-refractivity contribution in [3.8, 4) is 0 Å². The van der Waals surface area contributed by atoms with E-state index >= 15 is 0 Å². The van der Waals surface area contributed by atoms with Crippen LogP contribution < -0.4 is 10.6 Å². The number of halogens is 2. The summed E-state index contributed by atoms with van der Waals surface area (Å²) in [4.78, 5) is 22.7. The molecular weight excluding hydrogens is 331 g/mol. The molecule has 0 saturated heterocycles. The fourth-order valence-corrected chi connectivity index (χ4v) is 2.57. The number of hydrogen-bond acceptors (Lipinski definition) is 2.